The zero-order valence-electron chi connectivity index (χ0n) is 11.0. The second-order valence-electron chi connectivity index (χ2n) is 4.84. The van der Waals surface area contributed by atoms with Crippen LogP contribution < -0.4 is 10.6 Å². The van der Waals surface area contributed by atoms with Crippen molar-refractivity contribution in [1.29, 1.82) is 5.26 Å². The fourth-order valence-electron chi connectivity index (χ4n) is 2.21. The molecule has 1 aliphatic heterocycles. The third kappa shape index (κ3) is 2.77. The highest BCUT2D eigenvalue weighted by atomic mass is 15.2. The molecular weight excluding hydrogens is 226 g/mol. The van der Waals surface area contributed by atoms with Crippen molar-refractivity contribution in [3.8, 4) is 6.07 Å². The molecule has 0 spiro atoms. The average Bonchev–Trinajstić information content (AvgIpc) is 2.41. The summed E-state index contributed by atoms with van der Waals surface area (Å²) in [5.41, 5.74) is 2.35. The van der Waals surface area contributed by atoms with Crippen LogP contribution in [0.2, 0.25) is 0 Å². The van der Waals surface area contributed by atoms with E-state index < -0.39 is 0 Å². The molecule has 2 rings (SSSR count). The highest BCUT2D eigenvalue weighted by Gasteiger charge is 2.15. The molecule has 1 saturated heterocycles. The molecule has 1 fully saturated rings. The third-order valence-corrected chi connectivity index (χ3v) is 3.52. The molecule has 18 heavy (non-hydrogen) atoms. The molecular formula is C13H19N5. The van der Waals surface area contributed by atoms with E-state index in [1.165, 1.54) is 12.8 Å². The molecule has 0 amide bonds. The zero-order chi connectivity index (χ0) is 13.0. The Bertz CT molecular complexity index is 457. The Morgan fingerprint density at radius 2 is 2.28 bits per heavy atom. The van der Waals surface area contributed by atoms with Gasteiger partial charge in [0.05, 0.1) is 5.69 Å². The summed E-state index contributed by atoms with van der Waals surface area (Å²) in [6, 6.07) is 2.21. The fourth-order valence-corrected chi connectivity index (χ4v) is 2.21. The molecule has 1 aromatic rings. The van der Waals surface area contributed by atoms with Gasteiger partial charge in [0, 0.05) is 6.54 Å². The molecule has 0 aromatic carbocycles. The first-order valence-electron chi connectivity index (χ1n) is 6.41. The topological polar surface area (TPSA) is 73.6 Å². The maximum absolute atomic E-state index is 9.19. The van der Waals surface area contributed by atoms with Crippen LogP contribution in [-0.2, 0) is 0 Å². The van der Waals surface area contributed by atoms with E-state index in [4.69, 9.17) is 0 Å². The van der Waals surface area contributed by atoms with Gasteiger partial charge in [0.1, 0.15) is 11.6 Å². The quantitative estimate of drug-likeness (QED) is 0.841. The van der Waals surface area contributed by atoms with Gasteiger partial charge in [-0.3, -0.25) is 0 Å². The maximum atomic E-state index is 9.19. The Hall–Kier alpha value is -1.67. The third-order valence-electron chi connectivity index (χ3n) is 3.52. The lowest BCUT2D eigenvalue weighted by Gasteiger charge is -2.23. The van der Waals surface area contributed by atoms with E-state index in [0.717, 1.165) is 30.9 Å². The number of hydrogen-bond donors (Lipinski definition) is 2. The van der Waals surface area contributed by atoms with Gasteiger partial charge < -0.3 is 10.6 Å². The first-order chi connectivity index (χ1) is 8.72. The molecule has 96 valence electrons. The largest absolute Gasteiger partial charge is 0.367 e. The van der Waals surface area contributed by atoms with Crippen molar-refractivity contribution in [2.24, 2.45) is 5.92 Å². The number of aromatic nitrogens is 2. The molecule has 0 radical (unpaired) electrons. The van der Waals surface area contributed by atoms with Crippen molar-refractivity contribution in [3.63, 3.8) is 0 Å². The lowest BCUT2D eigenvalue weighted by Crippen LogP contribution is -2.33. The second kappa shape index (κ2) is 5.78. The number of nitriles is 1. The molecule has 1 atom stereocenters. The number of nitrogens with zero attached hydrogens (tertiary/aromatic N) is 3. The maximum Gasteiger partial charge on any atom is 0.166 e. The van der Waals surface area contributed by atoms with Gasteiger partial charge in [-0.2, -0.15) is 10.4 Å². The molecule has 5 nitrogen and oxygen atoms in total. The molecule has 0 saturated carbocycles. The Morgan fingerprint density at radius 3 is 2.94 bits per heavy atom. The van der Waals surface area contributed by atoms with Crippen LogP contribution >= 0.6 is 0 Å². The Kier molecular flexibility index (Phi) is 4.11. The second-order valence-corrected chi connectivity index (χ2v) is 4.84. The number of aryl methyl sites for hydroxylation is 1. The molecule has 1 aliphatic rings. The van der Waals surface area contributed by atoms with E-state index >= 15 is 0 Å². The van der Waals surface area contributed by atoms with Crippen LogP contribution in [0.4, 0.5) is 5.82 Å². The van der Waals surface area contributed by atoms with E-state index in [2.05, 4.69) is 26.9 Å². The summed E-state index contributed by atoms with van der Waals surface area (Å²) in [4.78, 5) is 0. The summed E-state index contributed by atoms with van der Waals surface area (Å²) in [7, 11) is 0. The lowest BCUT2D eigenvalue weighted by atomic mass is 9.99. The standard InChI is InChI=1S/C13H19N5/c1-9-10(2)17-18-13(12(9)6-14)16-8-11-4-3-5-15-7-11/h11,15H,3-5,7-8H2,1-2H3,(H,16,18). The van der Waals surface area contributed by atoms with Gasteiger partial charge in [-0.1, -0.05) is 0 Å². The summed E-state index contributed by atoms with van der Waals surface area (Å²) in [6.45, 7) is 6.78. The van der Waals surface area contributed by atoms with Gasteiger partial charge in [-0.15, -0.1) is 5.10 Å². The van der Waals surface area contributed by atoms with E-state index in [0.29, 0.717) is 17.3 Å². The zero-order valence-corrected chi connectivity index (χ0v) is 11.0. The summed E-state index contributed by atoms with van der Waals surface area (Å²) >= 11 is 0. The summed E-state index contributed by atoms with van der Waals surface area (Å²) < 4.78 is 0. The number of hydrogen-bond acceptors (Lipinski definition) is 5. The minimum Gasteiger partial charge on any atom is -0.367 e. The van der Waals surface area contributed by atoms with Crippen LogP contribution in [0.1, 0.15) is 29.7 Å². The van der Waals surface area contributed by atoms with Crippen molar-refractivity contribution < 1.29 is 0 Å². The van der Waals surface area contributed by atoms with Crippen molar-refractivity contribution in [2.75, 3.05) is 25.0 Å². The molecule has 0 bridgehead atoms. The van der Waals surface area contributed by atoms with Gasteiger partial charge in [0.15, 0.2) is 5.82 Å². The van der Waals surface area contributed by atoms with Crippen molar-refractivity contribution >= 4 is 5.82 Å². The molecule has 2 N–H and O–H groups in total. The van der Waals surface area contributed by atoms with Gasteiger partial charge in [0.2, 0.25) is 0 Å². The van der Waals surface area contributed by atoms with Gasteiger partial charge in [0.25, 0.3) is 0 Å². The van der Waals surface area contributed by atoms with Crippen LogP contribution in [0, 0.1) is 31.1 Å². The predicted molar refractivity (Wildman–Crippen MR) is 70.3 cm³/mol. The van der Waals surface area contributed by atoms with Crippen LogP contribution in [0.25, 0.3) is 0 Å². The van der Waals surface area contributed by atoms with E-state index in [9.17, 15) is 5.26 Å². The summed E-state index contributed by atoms with van der Waals surface area (Å²) in [6.07, 6.45) is 2.44. The molecule has 1 aromatic heterocycles. The monoisotopic (exact) mass is 245 g/mol. The molecule has 5 heteroatoms. The normalized spacial score (nSPS) is 19.3. The Balaban J connectivity index is 2.05. The summed E-state index contributed by atoms with van der Waals surface area (Å²) in [5.74, 6) is 1.22. The average molecular weight is 245 g/mol. The van der Waals surface area contributed by atoms with Crippen molar-refractivity contribution in [1.82, 2.24) is 15.5 Å². The highest BCUT2D eigenvalue weighted by Crippen LogP contribution is 2.18. The minimum absolute atomic E-state index is 0.605. The van der Waals surface area contributed by atoms with Crippen LogP contribution in [0.5, 0.6) is 0 Å². The number of anilines is 1. The highest BCUT2D eigenvalue weighted by molar-refractivity contribution is 5.55. The summed E-state index contributed by atoms with van der Waals surface area (Å²) in [5, 5.41) is 24.0. The minimum atomic E-state index is 0.605. The number of piperidine rings is 1. The molecule has 2 heterocycles. The Morgan fingerprint density at radius 1 is 1.44 bits per heavy atom. The number of nitrogens with one attached hydrogen (secondary N) is 2. The predicted octanol–water partition coefficient (Wildman–Crippen LogP) is 1.38. The molecule has 0 aliphatic carbocycles. The van der Waals surface area contributed by atoms with Gasteiger partial charge >= 0.3 is 0 Å². The smallest absolute Gasteiger partial charge is 0.166 e. The van der Waals surface area contributed by atoms with Gasteiger partial charge in [-0.05, 0) is 51.3 Å². The first kappa shape index (κ1) is 12.8. The van der Waals surface area contributed by atoms with E-state index in [1.807, 2.05) is 13.8 Å². The van der Waals surface area contributed by atoms with Crippen molar-refractivity contribution in [3.05, 3.63) is 16.8 Å². The van der Waals surface area contributed by atoms with Crippen LogP contribution in [0.3, 0.4) is 0 Å². The van der Waals surface area contributed by atoms with Crippen LogP contribution in [-0.4, -0.2) is 29.8 Å². The Labute approximate surface area is 108 Å². The first-order valence-corrected chi connectivity index (χ1v) is 6.41. The number of rotatable bonds is 3. The van der Waals surface area contributed by atoms with E-state index in [1.54, 1.807) is 0 Å². The molecule has 1 unspecified atom stereocenters. The van der Waals surface area contributed by atoms with Gasteiger partial charge in [-0.25, -0.2) is 0 Å². The lowest BCUT2D eigenvalue weighted by molar-refractivity contribution is 0.392. The van der Waals surface area contributed by atoms with Crippen molar-refractivity contribution in [2.45, 2.75) is 26.7 Å². The van der Waals surface area contributed by atoms with E-state index in [-0.39, 0.29) is 0 Å². The fraction of sp³-hybridized carbons (Fsp3) is 0.615. The van der Waals surface area contributed by atoms with Crippen LogP contribution in [0.15, 0.2) is 0 Å². The SMILES string of the molecule is Cc1nnc(NCC2CCCNC2)c(C#N)c1C.